The highest BCUT2D eigenvalue weighted by atomic mass is 16.3. The number of rotatable bonds is 5. The summed E-state index contributed by atoms with van der Waals surface area (Å²) < 4.78 is 2.21. The van der Waals surface area contributed by atoms with Crippen LogP contribution in [0.3, 0.4) is 0 Å². The van der Waals surface area contributed by atoms with Crippen LogP contribution >= 0.6 is 0 Å². The second-order valence-corrected chi connectivity index (χ2v) is 11.4. The van der Waals surface area contributed by atoms with Gasteiger partial charge in [0, 0.05) is 57.4 Å². The van der Waals surface area contributed by atoms with Crippen LogP contribution in [0, 0.1) is 0 Å². The molecule has 1 saturated heterocycles. The molecule has 3 aromatic rings. The van der Waals surface area contributed by atoms with Crippen LogP contribution in [0.2, 0.25) is 0 Å². The van der Waals surface area contributed by atoms with E-state index in [0.717, 1.165) is 55.7 Å². The predicted octanol–water partition coefficient (Wildman–Crippen LogP) is 3.21. The van der Waals surface area contributed by atoms with Crippen LogP contribution in [0.1, 0.15) is 56.4 Å². The summed E-state index contributed by atoms with van der Waals surface area (Å²) in [5.41, 5.74) is 2.52. The lowest BCUT2D eigenvalue weighted by atomic mass is 9.79. The molecule has 1 saturated carbocycles. The molecule has 202 valence electrons. The summed E-state index contributed by atoms with van der Waals surface area (Å²) in [5.74, 6) is 1.21. The molecule has 5 heterocycles. The third kappa shape index (κ3) is 4.49. The van der Waals surface area contributed by atoms with Crippen LogP contribution < -0.4 is 10.2 Å². The van der Waals surface area contributed by atoms with E-state index in [1.165, 1.54) is 19.3 Å². The Balaban J connectivity index is 1.22. The van der Waals surface area contributed by atoms with Crippen molar-refractivity contribution in [2.24, 2.45) is 0 Å². The number of piperazine rings is 1. The zero-order chi connectivity index (χ0) is 26.4. The summed E-state index contributed by atoms with van der Waals surface area (Å²) in [6.45, 7) is 8.20. The molecule has 2 aliphatic heterocycles. The molecule has 6 rings (SSSR count). The summed E-state index contributed by atoms with van der Waals surface area (Å²) in [6, 6.07) is 6.35. The molecule has 1 aliphatic carbocycles. The minimum atomic E-state index is -0.315. The zero-order valence-corrected chi connectivity index (χ0v) is 22.6. The van der Waals surface area contributed by atoms with Gasteiger partial charge in [-0.05, 0) is 44.9 Å². The Morgan fingerprint density at radius 1 is 1.16 bits per heavy atom. The maximum absolute atomic E-state index is 13.0. The first-order chi connectivity index (χ1) is 18.3. The van der Waals surface area contributed by atoms with Crippen molar-refractivity contribution in [2.75, 3.05) is 50.0 Å². The average Bonchev–Trinajstić information content (AvgIpc) is 3.29. The smallest absolute Gasteiger partial charge is 0.270 e. The van der Waals surface area contributed by atoms with Crippen molar-refractivity contribution in [1.82, 2.24) is 29.3 Å². The number of β-amino-alcohol motifs (C(OH)–C–C–N with tert-alkyl or cyclic N) is 1. The Labute approximate surface area is 223 Å². The first-order valence-corrected chi connectivity index (χ1v) is 13.9. The van der Waals surface area contributed by atoms with Gasteiger partial charge in [-0.25, -0.2) is 9.97 Å². The van der Waals surface area contributed by atoms with Crippen LogP contribution in [-0.4, -0.2) is 92.2 Å². The third-order valence-electron chi connectivity index (χ3n) is 8.51. The van der Waals surface area contributed by atoms with Gasteiger partial charge < -0.3 is 24.8 Å². The van der Waals surface area contributed by atoms with Crippen molar-refractivity contribution in [3.63, 3.8) is 0 Å². The standard InChI is InChI=1S/C28H38N8O2/c1-19-16-35(12-11-34(19)17-20(2)37)22-7-8-24(29-15-22)31-27-30-14-21-13-23-26(38)33(3)18-28(9-5-4-6-10-28)36(23)25(21)32-27/h7-8,13-15,19-20,37H,4-6,9-12,16-18H2,1-3H3,(H,29,30,31,32)/t19-,20-/m1/s1. The fraction of sp³-hybridized carbons (Fsp3) is 0.571. The molecule has 0 radical (unpaired) electrons. The largest absolute Gasteiger partial charge is 0.392 e. The predicted molar refractivity (Wildman–Crippen MR) is 148 cm³/mol. The lowest BCUT2D eigenvalue weighted by molar-refractivity contribution is 0.0543. The van der Waals surface area contributed by atoms with Gasteiger partial charge in [-0.2, -0.15) is 4.98 Å². The molecule has 10 nitrogen and oxygen atoms in total. The van der Waals surface area contributed by atoms with Crippen molar-refractivity contribution < 1.29 is 9.90 Å². The molecule has 1 amide bonds. The van der Waals surface area contributed by atoms with Crippen LogP contribution in [0.5, 0.6) is 0 Å². The van der Waals surface area contributed by atoms with Gasteiger partial charge in [-0.15, -0.1) is 0 Å². The lowest BCUT2D eigenvalue weighted by Crippen LogP contribution is -2.53. The number of hydrogen-bond donors (Lipinski definition) is 2. The number of fused-ring (bicyclic) bond motifs is 4. The number of carbonyl (C=O) groups excluding carboxylic acids is 1. The summed E-state index contributed by atoms with van der Waals surface area (Å²) >= 11 is 0. The molecule has 10 heteroatoms. The second kappa shape index (κ2) is 9.81. The van der Waals surface area contributed by atoms with E-state index < -0.39 is 0 Å². The van der Waals surface area contributed by atoms with Gasteiger partial charge in [0.25, 0.3) is 5.91 Å². The molecular weight excluding hydrogens is 480 g/mol. The summed E-state index contributed by atoms with van der Waals surface area (Å²) in [4.78, 5) is 33.7. The Hall–Kier alpha value is -3.24. The molecule has 3 aromatic heterocycles. The van der Waals surface area contributed by atoms with E-state index >= 15 is 0 Å². The zero-order valence-electron chi connectivity index (χ0n) is 22.6. The molecule has 2 N–H and O–H groups in total. The van der Waals surface area contributed by atoms with Gasteiger partial charge in [-0.3, -0.25) is 9.69 Å². The lowest BCUT2D eigenvalue weighted by Gasteiger charge is -2.45. The minimum Gasteiger partial charge on any atom is -0.392 e. The van der Waals surface area contributed by atoms with E-state index in [1.54, 1.807) is 0 Å². The van der Waals surface area contributed by atoms with E-state index in [4.69, 9.17) is 4.98 Å². The molecule has 2 fully saturated rings. The van der Waals surface area contributed by atoms with Crippen LogP contribution in [-0.2, 0) is 5.54 Å². The average molecular weight is 519 g/mol. The molecular formula is C28H38N8O2. The minimum absolute atomic E-state index is 0.0481. The number of carbonyl (C=O) groups is 1. The van der Waals surface area contributed by atoms with Crippen LogP contribution in [0.25, 0.3) is 11.0 Å². The normalized spacial score (nSPS) is 22.6. The highest BCUT2D eigenvalue weighted by molar-refractivity contribution is 5.99. The number of aliphatic hydroxyl groups is 1. The summed E-state index contributed by atoms with van der Waals surface area (Å²) in [6.07, 6.45) is 9.08. The number of hydrogen-bond acceptors (Lipinski definition) is 8. The topological polar surface area (TPSA) is 103 Å². The SMILES string of the molecule is C[C@@H]1CN(c2ccc(Nc3ncc4cc5n(c4n3)C3(CCCCC3)CN(C)C5=O)nc2)CCN1C[C@@H](C)O. The highest BCUT2D eigenvalue weighted by Crippen LogP contribution is 2.42. The highest BCUT2D eigenvalue weighted by Gasteiger charge is 2.43. The summed E-state index contributed by atoms with van der Waals surface area (Å²) in [7, 11) is 1.91. The van der Waals surface area contributed by atoms with Gasteiger partial charge in [0.15, 0.2) is 0 Å². The third-order valence-corrected chi connectivity index (χ3v) is 8.51. The van der Waals surface area contributed by atoms with Gasteiger partial charge in [0.05, 0.1) is 23.5 Å². The molecule has 2 atom stereocenters. The van der Waals surface area contributed by atoms with Crippen molar-refractivity contribution in [1.29, 1.82) is 0 Å². The fourth-order valence-corrected chi connectivity index (χ4v) is 6.66. The number of nitrogens with one attached hydrogen (secondary N) is 1. The first kappa shape index (κ1) is 25.1. The van der Waals surface area contributed by atoms with Crippen molar-refractivity contribution >= 4 is 34.4 Å². The molecule has 38 heavy (non-hydrogen) atoms. The van der Waals surface area contributed by atoms with E-state index in [2.05, 4.69) is 42.6 Å². The number of amides is 1. The quantitative estimate of drug-likeness (QED) is 0.531. The number of pyridine rings is 1. The van der Waals surface area contributed by atoms with Crippen LogP contribution in [0.4, 0.5) is 17.5 Å². The first-order valence-electron chi connectivity index (χ1n) is 13.9. The number of aromatic nitrogens is 4. The van der Waals surface area contributed by atoms with E-state index in [0.29, 0.717) is 30.0 Å². The number of nitrogens with zero attached hydrogens (tertiary/aromatic N) is 7. The monoisotopic (exact) mass is 518 g/mol. The van der Waals surface area contributed by atoms with Crippen molar-refractivity contribution in [3.8, 4) is 0 Å². The van der Waals surface area contributed by atoms with Gasteiger partial charge in [0.1, 0.15) is 17.2 Å². The summed E-state index contributed by atoms with van der Waals surface area (Å²) in [5, 5.41) is 13.9. The molecule has 0 bridgehead atoms. The fourth-order valence-electron chi connectivity index (χ4n) is 6.66. The Kier molecular flexibility index (Phi) is 6.47. The maximum Gasteiger partial charge on any atom is 0.270 e. The van der Waals surface area contributed by atoms with E-state index in [1.807, 2.05) is 43.4 Å². The van der Waals surface area contributed by atoms with Crippen molar-refractivity contribution in [2.45, 2.75) is 63.6 Å². The Morgan fingerprint density at radius 3 is 2.68 bits per heavy atom. The Bertz CT molecular complexity index is 1310. The molecule has 1 spiro atoms. The van der Waals surface area contributed by atoms with E-state index in [9.17, 15) is 9.90 Å². The van der Waals surface area contributed by atoms with Crippen molar-refractivity contribution in [3.05, 3.63) is 36.3 Å². The van der Waals surface area contributed by atoms with Gasteiger partial charge in [-0.1, -0.05) is 19.3 Å². The molecule has 0 aromatic carbocycles. The van der Waals surface area contributed by atoms with Crippen LogP contribution in [0.15, 0.2) is 30.6 Å². The van der Waals surface area contributed by atoms with Gasteiger partial charge >= 0.3 is 0 Å². The van der Waals surface area contributed by atoms with E-state index in [-0.39, 0.29) is 17.6 Å². The number of likely N-dealkylation sites (N-methyl/N-ethyl adjacent to an activating group) is 1. The number of anilines is 3. The maximum atomic E-state index is 13.0. The van der Waals surface area contributed by atoms with Gasteiger partial charge in [0.2, 0.25) is 5.95 Å². The molecule has 3 aliphatic rings. The molecule has 0 unspecified atom stereocenters. The second-order valence-electron chi connectivity index (χ2n) is 11.4. The number of aliphatic hydroxyl groups excluding tert-OH is 1. The Morgan fingerprint density at radius 2 is 1.97 bits per heavy atom.